The van der Waals surface area contributed by atoms with Crippen LogP contribution >= 0.6 is 11.8 Å². The monoisotopic (exact) mass is 482 g/mol. The molecule has 32 heavy (non-hydrogen) atoms. The summed E-state index contributed by atoms with van der Waals surface area (Å²) in [7, 11) is 0.582. The van der Waals surface area contributed by atoms with Crippen LogP contribution in [-0.2, 0) is 25.4 Å². The van der Waals surface area contributed by atoms with Gasteiger partial charge in [0.2, 0.25) is 5.91 Å². The van der Waals surface area contributed by atoms with Crippen molar-refractivity contribution in [3.8, 4) is 0 Å². The summed E-state index contributed by atoms with van der Waals surface area (Å²) in [6, 6.07) is 5.84. The first-order chi connectivity index (χ1) is 14.8. The summed E-state index contributed by atoms with van der Waals surface area (Å²) in [4.78, 5) is 37.4. The minimum Gasteiger partial charge on any atom is -0.459 e. The van der Waals surface area contributed by atoms with E-state index in [0.29, 0.717) is 16.0 Å². The summed E-state index contributed by atoms with van der Waals surface area (Å²) >= 11 is 1.65. The zero-order valence-corrected chi connectivity index (χ0v) is 22.7. The number of β-lactam (4-membered cyclic amide) rings is 1. The lowest BCUT2D eigenvalue weighted by atomic mass is 9.63. The van der Waals surface area contributed by atoms with E-state index in [-0.39, 0.29) is 53.0 Å². The standard InChI is InChI=1S/C22H34N2O6SSi/c1-7-31-19-17(22(5,6)20(30-32)21(2,3)4)18(26)23(19)12-16(25)29-13-14-8-10-15(11-9-14)24(27)28/h8-11,17,19-20H,7,12-13H2,1-6,32H3/t17?,19?,20-/m0/s1. The lowest BCUT2D eigenvalue weighted by Gasteiger charge is -2.56. The Kier molecular flexibility index (Phi) is 8.52. The van der Waals surface area contributed by atoms with Gasteiger partial charge < -0.3 is 14.1 Å². The zero-order valence-electron chi connectivity index (χ0n) is 19.9. The number of esters is 1. The highest BCUT2D eigenvalue weighted by Gasteiger charge is 2.58. The molecule has 178 valence electrons. The van der Waals surface area contributed by atoms with Crippen LogP contribution in [0.15, 0.2) is 24.3 Å². The molecule has 0 aromatic heterocycles. The van der Waals surface area contributed by atoms with E-state index in [9.17, 15) is 19.7 Å². The molecule has 1 saturated heterocycles. The average Bonchev–Trinajstić information content (AvgIpc) is 2.69. The molecular weight excluding hydrogens is 448 g/mol. The maximum absolute atomic E-state index is 13.1. The van der Waals surface area contributed by atoms with Crippen LogP contribution < -0.4 is 0 Å². The number of carbonyl (C=O) groups is 2. The minimum atomic E-state index is -0.499. The number of nitrogens with zero attached hydrogens (tertiary/aromatic N) is 2. The van der Waals surface area contributed by atoms with Gasteiger partial charge in [-0.25, -0.2) is 0 Å². The van der Waals surface area contributed by atoms with Gasteiger partial charge in [-0.05, 0) is 28.9 Å². The van der Waals surface area contributed by atoms with E-state index in [1.807, 2.05) is 6.92 Å². The highest BCUT2D eigenvalue weighted by atomic mass is 32.2. The molecule has 2 rings (SSSR count). The Labute approximate surface area is 197 Å². The van der Waals surface area contributed by atoms with Crippen LogP contribution in [0.3, 0.4) is 0 Å². The Bertz CT molecular complexity index is 840. The summed E-state index contributed by atoms with van der Waals surface area (Å²) in [6.07, 6.45) is -0.0770. The molecule has 1 aromatic rings. The van der Waals surface area contributed by atoms with Crippen molar-refractivity contribution in [2.24, 2.45) is 16.7 Å². The van der Waals surface area contributed by atoms with Gasteiger partial charge in [-0.1, -0.05) is 41.5 Å². The number of non-ortho nitro benzene ring substituents is 1. The zero-order chi connectivity index (χ0) is 24.3. The Morgan fingerprint density at radius 2 is 1.84 bits per heavy atom. The molecule has 8 nitrogen and oxygen atoms in total. The van der Waals surface area contributed by atoms with Crippen molar-refractivity contribution < 1.29 is 23.7 Å². The van der Waals surface area contributed by atoms with Gasteiger partial charge in [-0.3, -0.25) is 19.7 Å². The highest BCUT2D eigenvalue weighted by molar-refractivity contribution is 7.99. The van der Waals surface area contributed by atoms with Gasteiger partial charge >= 0.3 is 5.97 Å². The minimum absolute atomic E-state index is 0.000230. The lowest BCUT2D eigenvalue weighted by Crippen LogP contribution is -2.67. The molecule has 0 bridgehead atoms. The molecule has 0 N–H and O–H groups in total. The molecule has 1 aliphatic rings. The largest absolute Gasteiger partial charge is 0.459 e. The van der Waals surface area contributed by atoms with Crippen LogP contribution in [0.5, 0.6) is 0 Å². The Morgan fingerprint density at radius 1 is 1.25 bits per heavy atom. The number of thioether (sulfide) groups is 1. The summed E-state index contributed by atoms with van der Waals surface area (Å²) < 4.78 is 11.3. The molecule has 1 fully saturated rings. The van der Waals surface area contributed by atoms with Crippen molar-refractivity contribution in [2.75, 3.05) is 12.3 Å². The molecule has 10 heteroatoms. The number of amides is 1. The Hall–Kier alpha value is -1.91. The first-order valence-corrected chi connectivity index (χ1v) is 12.5. The van der Waals surface area contributed by atoms with Crippen molar-refractivity contribution in [1.82, 2.24) is 4.90 Å². The van der Waals surface area contributed by atoms with E-state index in [0.717, 1.165) is 5.75 Å². The lowest BCUT2D eigenvalue weighted by molar-refractivity contribution is -0.384. The molecule has 0 spiro atoms. The first kappa shape index (κ1) is 26.3. The maximum Gasteiger partial charge on any atom is 0.326 e. The second kappa shape index (κ2) is 10.3. The predicted octanol–water partition coefficient (Wildman–Crippen LogP) is 2.91. The van der Waals surface area contributed by atoms with Crippen molar-refractivity contribution in [2.45, 2.75) is 59.6 Å². The van der Waals surface area contributed by atoms with E-state index < -0.39 is 10.9 Å². The predicted molar refractivity (Wildman–Crippen MR) is 128 cm³/mol. The highest BCUT2D eigenvalue weighted by Crippen LogP contribution is 2.51. The van der Waals surface area contributed by atoms with E-state index in [4.69, 9.17) is 9.16 Å². The number of likely N-dealkylation sites (tertiary alicyclic amines) is 1. The molecule has 1 aliphatic heterocycles. The van der Waals surface area contributed by atoms with Gasteiger partial charge in [0, 0.05) is 17.5 Å². The van der Waals surface area contributed by atoms with Gasteiger partial charge in [0.05, 0.1) is 22.3 Å². The fraction of sp³-hybridized carbons (Fsp3) is 0.636. The fourth-order valence-electron chi connectivity index (χ4n) is 4.73. The quantitative estimate of drug-likeness (QED) is 0.166. The van der Waals surface area contributed by atoms with Gasteiger partial charge in [-0.2, -0.15) is 0 Å². The van der Waals surface area contributed by atoms with E-state index in [2.05, 4.69) is 34.6 Å². The fourth-order valence-corrected chi connectivity index (χ4v) is 7.41. The molecule has 1 heterocycles. The Morgan fingerprint density at radius 3 is 2.31 bits per heavy atom. The van der Waals surface area contributed by atoms with Crippen LogP contribution in [0.4, 0.5) is 5.69 Å². The van der Waals surface area contributed by atoms with Crippen LogP contribution in [0.2, 0.25) is 0 Å². The maximum atomic E-state index is 13.1. The summed E-state index contributed by atoms with van der Waals surface area (Å²) in [5.74, 6) is 0.0244. The number of hydrogen-bond donors (Lipinski definition) is 0. The third-order valence-electron chi connectivity index (χ3n) is 5.82. The molecule has 0 aliphatic carbocycles. The summed E-state index contributed by atoms with van der Waals surface area (Å²) in [5.41, 5.74) is 0.126. The second-order valence-electron chi connectivity index (χ2n) is 9.68. The second-order valence-corrected chi connectivity index (χ2v) is 11.5. The van der Waals surface area contributed by atoms with Gasteiger partial charge in [0.1, 0.15) is 23.6 Å². The topological polar surface area (TPSA) is 99.0 Å². The van der Waals surface area contributed by atoms with E-state index in [1.54, 1.807) is 28.8 Å². The molecular formula is C22H34N2O6SSi. The number of carbonyl (C=O) groups excluding carboxylic acids is 2. The van der Waals surface area contributed by atoms with Crippen LogP contribution in [0, 0.1) is 26.9 Å². The van der Waals surface area contributed by atoms with Crippen LogP contribution in [-0.4, -0.2) is 56.0 Å². The molecule has 0 radical (unpaired) electrons. The van der Waals surface area contributed by atoms with Crippen molar-refractivity contribution >= 4 is 39.8 Å². The number of rotatable bonds is 10. The van der Waals surface area contributed by atoms with Gasteiger partial charge in [0.15, 0.2) is 0 Å². The van der Waals surface area contributed by atoms with Crippen LogP contribution in [0.25, 0.3) is 0 Å². The Balaban J connectivity index is 2.04. The van der Waals surface area contributed by atoms with E-state index >= 15 is 0 Å². The normalized spacial score (nSPS) is 20.1. The third kappa shape index (κ3) is 5.71. The van der Waals surface area contributed by atoms with Crippen LogP contribution in [0.1, 0.15) is 47.1 Å². The number of nitro groups is 1. The van der Waals surface area contributed by atoms with Crippen molar-refractivity contribution in [1.29, 1.82) is 0 Å². The molecule has 3 atom stereocenters. The van der Waals surface area contributed by atoms with Crippen molar-refractivity contribution in [3.63, 3.8) is 0 Å². The number of ether oxygens (including phenoxy) is 1. The SMILES string of the molecule is CCSC1C(C(C)(C)[C@@H](O[SiH3])C(C)(C)C)C(=O)N1CC(=O)OCc1ccc([N+](=O)[O-])cc1. The molecule has 2 unspecified atom stereocenters. The number of hydrogen-bond acceptors (Lipinski definition) is 7. The third-order valence-corrected chi connectivity index (χ3v) is 7.50. The molecule has 0 saturated carbocycles. The van der Waals surface area contributed by atoms with Gasteiger partial charge in [-0.15, -0.1) is 11.8 Å². The van der Waals surface area contributed by atoms with E-state index in [1.165, 1.54) is 12.1 Å². The van der Waals surface area contributed by atoms with Crippen molar-refractivity contribution in [3.05, 3.63) is 39.9 Å². The number of nitro benzene ring substituents is 1. The number of benzene rings is 1. The van der Waals surface area contributed by atoms with Gasteiger partial charge in [0.25, 0.3) is 5.69 Å². The summed E-state index contributed by atoms with van der Waals surface area (Å²) in [6.45, 7) is 12.4. The molecule has 1 amide bonds. The first-order valence-electron chi connectivity index (χ1n) is 10.7. The smallest absolute Gasteiger partial charge is 0.326 e. The summed E-state index contributed by atoms with van der Waals surface area (Å²) in [5, 5.41) is 10.6. The molecule has 1 aromatic carbocycles. The average molecular weight is 483 g/mol.